The third kappa shape index (κ3) is 3.45. The second-order valence-corrected chi connectivity index (χ2v) is 5.87. The van der Waals surface area contributed by atoms with Crippen LogP contribution in [-0.2, 0) is 12.4 Å². The first-order chi connectivity index (χ1) is 9.11. The molecule has 0 unspecified atom stereocenters. The van der Waals surface area contributed by atoms with Crippen molar-refractivity contribution < 1.29 is 4.39 Å². The highest BCUT2D eigenvalue weighted by Gasteiger charge is 2.17. The third-order valence-electron chi connectivity index (χ3n) is 2.86. The maximum atomic E-state index is 13.2. The molecule has 0 spiro atoms. The van der Waals surface area contributed by atoms with Gasteiger partial charge in [-0.1, -0.05) is 6.07 Å². The highest BCUT2D eigenvalue weighted by atomic mass is 35.5. The molecule has 0 amide bonds. The van der Waals surface area contributed by atoms with Gasteiger partial charge < -0.3 is 4.90 Å². The summed E-state index contributed by atoms with van der Waals surface area (Å²) in [7, 11) is 0. The van der Waals surface area contributed by atoms with E-state index in [2.05, 4.69) is 29.8 Å². The van der Waals surface area contributed by atoms with Gasteiger partial charge >= 0.3 is 0 Å². The van der Waals surface area contributed by atoms with Gasteiger partial charge in [-0.25, -0.2) is 9.37 Å². The molecule has 0 aromatic carbocycles. The van der Waals surface area contributed by atoms with Gasteiger partial charge in [0.15, 0.2) is 0 Å². The monoisotopic (exact) mass is 298 g/mol. The molecule has 0 aliphatic carbocycles. The molecule has 0 saturated heterocycles. The van der Waals surface area contributed by atoms with Gasteiger partial charge in [-0.3, -0.25) is 0 Å². The van der Waals surface area contributed by atoms with Crippen molar-refractivity contribution in [3.63, 3.8) is 0 Å². The summed E-state index contributed by atoms with van der Waals surface area (Å²) in [6, 6.07) is 5.84. The molecule has 0 aliphatic heterocycles. The normalized spacial score (nSPS) is 11.0. The molecular weight excluding hydrogens is 283 g/mol. The zero-order valence-corrected chi connectivity index (χ0v) is 12.5. The Bertz CT molecular complexity index is 528. The molecule has 5 heteroatoms. The lowest BCUT2D eigenvalue weighted by atomic mass is 10.2. The molecule has 2 aromatic heterocycles. The van der Waals surface area contributed by atoms with Gasteiger partial charge in [0, 0.05) is 16.5 Å². The van der Waals surface area contributed by atoms with Crippen molar-refractivity contribution in [2.75, 3.05) is 4.90 Å². The summed E-state index contributed by atoms with van der Waals surface area (Å²) >= 11 is 7.61. The van der Waals surface area contributed by atoms with Crippen LogP contribution in [0.25, 0.3) is 0 Å². The number of thiophene rings is 1. The number of pyridine rings is 1. The van der Waals surface area contributed by atoms with E-state index in [9.17, 15) is 4.39 Å². The Labute approximate surface area is 121 Å². The van der Waals surface area contributed by atoms with Crippen molar-refractivity contribution in [3.05, 3.63) is 46.0 Å². The molecule has 2 heterocycles. The average molecular weight is 299 g/mol. The van der Waals surface area contributed by atoms with Crippen LogP contribution in [0.15, 0.2) is 29.8 Å². The number of aromatic nitrogens is 1. The zero-order chi connectivity index (χ0) is 13.8. The summed E-state index contributed by atoms with van der Waals surface area (Å²) in [5, 5.41) is 2.05. The predicted molar refractivity (Wildman–Crippen MR) is 79.4 cm³/mol. The predicted octanol–water partition coefficient (Wildman–Crippen LogP) is 4.44. The summed E-state index contributed by atoms with van der Waals surface area (Å²) < 4.78 is 13.2. The number of rotatable bonds is 5. The van der Waals surface area contributed by atoms with Gasteiger partial charge in [0.2, 0.25) is 0 Å². The van der Waals surface area contributed by atoms with Crippen molar-refractivity contribution in [2.24, 2.45) is 0 Å². The summed E-state index contributed by atoms with van der Waals surface area (Å²) in [6.45, 7) is 4.95. The minimum Gasteiger partial charge on any atom is -0.349 e. The maximum absolute atomic E-state index is 13.2. The third-order valence-corrected chi connectivity index (χ3v) is 4.00. The van der Waals surface area contributed by atoms with Crippen LogP contribution in [0, 0.1) is 5.82 Å². The molecule has 2 rings (SSSR count). The lowest BCUT2D eigenvalue weighted by Crippen LogP contribution is -2.31. The molecule has 0 fully saturated rings. The minimum absolute atomic E-state index is 0.258. The largest absolute Gasteiger partial charge is 0.349 e. The van der Waals surface area contributed by atoms with E-state index in [1.165, 1.54) is 17.1 Å². The number of nitrogens with zero attached hydrogens (tertiary/aromatic N) is 2. The maximum Gasteiger partial charge on any atom is 0.141 e. The molecular formula is C14H16ClFN2S. The zero-order valence-electron chi connectivity index (χ0n) is 10.9. The van der Waals surface area contributed by atoms with E-state index in [0.29, 0.717) is 0 Å². The molecule has 19 heavy (non-hydrogen) atoms. The number of alkyl halides is 1. The van der Waals surface area contributed by atoms with E-state index in [1.807, 2.05) is 11.4 Å². The highest BCUT2D eigenvalue weighted by molar-refractivity contribution is 7.09. The van der Waals surface area contributed by atoms with Crippen LogP contribution in [0.3, 0.4) is 0 Å². The Morgan fingerprint density at radius 2 is 2.26 bits per heavy atom. The van der Waals surface area contributed by atoms with E-state index >= 15 is 0 Å². The van der Waals surface area contributed by atoms with E-state index in [4.69, 9.17) is 11.6 Å². The number of anilines is 1. The van der Waals surface area contributed by atoms with Crippen LogP contribution in [0.2, 0.25) is 0 Å². The standard InChI is InChI=1S/C14H16ClFN2S/c1-10(2)18(9-13-4-3-5-19-13)14-11(7-15)6-12(16)8-17-14/h3-6,8,10H,7,9H2,1-2H3. The first-order valence-corrected chi connectivity index (χ1v) is 7.52. The lowest BCUT2D eigenvalue weighted by molar-refractivity contribution is 0.613. The Balaban J connectivity index is 2.33. The molecule has 0 atom stereocenters. The van der Waals surface area contributed by atoms with E-state index in [0.717, 1.165) is 17.9 Å². The number of hydrogen-bond acceptors (Lipinski definition) is 3. The first-order valence-electron chi connectivity index (χ1n) is 6.11. The Morgan fingerprint density at radius 1 is 1.47 bits per heavy atom. The number of hydrogen-bond donors (Lipinski definition) is 0. The van der Waals surface area contributed by atoms with Crippen LogP contribution in [0.5, 0.6) is 0 Å². The fourth-order valence-electron chi connectivity index (χ4n) is 1.90. The van der Waals surface area contributed by atoms with Crippen molar-refractivity contribution in [1.29, 1.82) is 0 Å². The quantitative estimate of drug-likeness (QED) is 0.759. The summed E-state index contributed by atoms with van der Waals surface area (Å²) in [6.07, 6.45) is 1.25. The van der Waals surface area contributed by atoms with Gasteiger partial charge in [0.25, 0.3) is 0 Å². The van der Waals surface area contributed by atoms with Gasteiger partial charge in [0.05, 0.1) is 18.6 Å². The van der Waals surface area contributed by atoms with Crippen LogP contribution in [0.1, 0.15) is 24.3 Å². The van der Waals surface area contributed by atoms with Gasteiger partial charge in [-0.2, -0.15) is 0 Å². The smallest absolute Gasteiger partial charge is 0.141 e. The minimum atomic E-state index is -0.348. The van der Waals surface area contributed by atoms with Gasteiger partial charge in [-0.15, -0.1) is 22.9 Å². The molecule has 0 radical (unpaired) electrons. The van der Waals surface area contributed by atoms with E-state index < -0.39 is 0 Å². The summed E-state index contributed by atoms with van der Waals surface area (Å²) in [5.74, 6) is 0.673. The molecule has 2 aromatic rings. The Kier molecular flexibility index (Phi) is 4.77. The van der Waals surface area contributed by atoms with Crippen LogP contribution in [-0.4, -0.2) is 11.0 Å². The molecule has 0 bridgehead atoms. The average Bonchev–Trinajstić information content (AvgIpc) is 2.89. The highest BCUT2D eigenvalue weighted by Crippen LogP contribution is 2.25. The Morgan fingerprint density at radius 3 is 2.84 bits per heavy atom. The van der Waals surface area contributed by atoms with E-state index in [1.54, 1.807) is 11.3 Å². The van der Waals surface area contributed by atoms with Crippen molar-refractivity contribution >= 4 is 28.8 Å². The molecule has 0 aliphatic rings. The summed E-state index contributed by atoms with van der Waals surface area (Å²) in [4.78, 5) is 7.61. The van der Waals surface area contributed by atoms with Crippen molar-refractivity contribution in [2.45, 2.75) is 32.3 Å². The molecule has 0 saturated carbocycles. The molecule has 102 valence electrons. The molecule has 0 N–H and O–H groups in total. The fourth-order valence-corrected chi connectivity index (χ4v) is 2.80. The summed E-state index contributed by atoms with van der Waals surface area (Å²) in [5.41, 5.74) is 0.729. The van der Waals surface area contributed by atoms with E-state index in [-0.39, 0.29) is 17.7 Å². The SMILES string of the molecule is CC(C)N(Cc1cccs1)c1ncc(F)cc1CCl. The second-order valence-electron chi connectivity index (χ2n) is 4.57. The topological polar surface area (TPSA) is 16.1 Å². The second kappa shape index (κ2) is 6.35. The van der Waals surface area contributed by atoms with Crippen LogP contribution >= 0.6 is 22.9 Å². The first kappa shape index (κ1) is 14.3. The van der Waals surface area contributed by atoms with Gasteiger partial charge in [0.1, 0.15) is 11.6 Å². The Hall–Kier alpha value is -1.13. The van der Waals surface area contributed by atoms with Gasteiger partial charge in [-0.05, 0) is 31.4 Å². The molecule has 2 nitrogen and oxygen atoms in total. The van der Waals surface area contributed by atoms with Crippen molar-refractivity contribution in [1.82, 2.24) is 4.98 Å². The van der Waals surface area contributed by atoms with Crippen molar-refractivity contribution in [3.8, 4) is 0 Å². The lowest BCUT2D eigenvalue weighted by Gasteiger charge is -2.29. The number of halogens is 2. The van der Waals surface area contributed by atoms with Crippen LogP contribution in [0.4, 0.5) is 10.2 Å². The fraction of sp³-hybridized carbons (Fsp3) is 0.357. The van der Waals surface area contributed by atoms with Crippen LogP contribution < -0.4 is 4.90 Å².